The molecule has 3 N–H and O–H groups in total. The Kier molecular flexibility index (Phi) is 3.16. The fraction of sp³-hybridized carbons (Fsp3) is 0.500. The molecule has 0 amide bonds. The van der Waals surface area contributed by atoms with Gasteiger partial charge >= 0.3 is 0 Å². The van der Waals surface area contributed by atoms with Gasteiger partial charge in [-0.15, -0.1) is 0 Å². The smallest absolute Gasteiger partial charge is 0.152 e. The highest BCUT2D eigenvalue weighted by atomic mass is 16.3. The summed E-state index contributed by atoms with van der Waals surface area (Å²) in [6, 6.07) is 3.70. The maximum absolute atomic E-state index is 9.40. The van der Waals surface area contributed by atoms with E-state index in [9.17, 15) is 5.11 Å². The van der Waals surface area contributed by atoms with Crippen molar-refractivity contribution in [2.75, 3.05) is 23.8 Å². The Labute approximate surface area is 100 Å². The number of aromatic nitrogens is 1. The van der Waals surface area contributed by atoms with E-state index in [1.807, 2.05) is 11.0 Å². The predicted molar refractivity (Wildman–Crippen MR) is 65.4 cm³/mol. The third-order valence-electron chi connectivity index (χ3n) is 3.37. The summed E-state index contributed by atoms with van der Waals surface area (Å²) in [6.45, 7) is 3.05. The van der Waals surface area contributed by atoms with Crippen LogP contribution in [0.3, 0.4) is 0 Å². The van der Waals surface area contributed by atoms with Gasteiger partial charge < -0.3 is 15.7 Å². The molecule has 5 nitrogen and oxygen atoms in total. The lowest BCUT2D eigenvalue weighted by Gasteiger charge is -2.27. The lowest BCUT2D eigenvalue weighted by atomic mass is 10.0. The van der Waals surface area contributed by atoms with Crippen LogP contribution in [0.5, 0.6) is 0 Å². The average molecular weight is 232 g/mol. The summed E-state index contributed by atoms with van der Waals surface area (Å²) < 4.78 is 0. The Morgan fingerprint density at radius 1 is 1.71 bits per heavy atom. The zero-order valence-corrected chi connectivity index (χ0v) is 9.80. The zero-order valence-electron chi connectivity index (χ0n) is 9.80. The van der Waals surface area contributed by atoms with E-state index in [1.54, 1.807) is 6.07 Å². The van der Waals surface area contributed by atoms with Crippen LogP contribution in [0.4, 0.5) is 11.5 Å². The lowest BCUT2D eigenvalue weighted by molar-refractivity contribution is 0.244. The van der Waals surface area contributed by atoms with Gasteiger partial charge in [-0.05, 0) is 18.4 Å². The van der Waals surface area contributed by atoms with Crippen LogP contribution in [0.2, 0.25) is 0 Å². The van der Waals surface area contributed by atoms with Gasteiger partial charge in [0.05, 0.1) is 23.9 Å². The van der Waals surface area contributed by atoms with Crippen LogP contribution >= 0.6 is 0 Å². The molecule has 0 aromatic carbocycles. The number of nitrogens with zero attached hydrogens (tertiary/aromatic N) is 3. The summed E-state index contributed by atoms with van der Waals surface area (Å²) in [6.07, 6.45) is 2.54. The Bertz CT molecular complexity index is 454. The molecule has 1 aromatic heterocycles. The minimum Gasteiger partial charge on any atom is -0.396 e. The Morgan fingerprint density at radius 2 is 2.47 bits per heavy atom. The summed E-state index contributed by atoms with van der Waals surface area (Å²) in [7, 11) is 0. The number of hydrogen-bond donors (Lipinski definition) is 2. The number of anilines is 2. The van der Waals surface area contributed by atoms with Crippen LogP contribution in [-0.4, -0.2) is 29.3 Å². The van der Waals surface area contributed by atoms with Crippen molar-refractivity contribution in [1.82, 2.24) is 4.98 Å². The summed E-state index contributed by atoms with van der Waals surface area (Å²) in [5.74, 6) is 1.10. The molecule has 0 radical (unpaired) electrons. The zero-order chi connectivity index (χ0) is 12.4. The molecular formula is C12H16N4O. The third kappa shape index (κ3) is 2.04. The van der Waals surface area contributed by atoms with Crippen LogP contribution in [0.15, 0.2) is 12.3 Å². The number of aliphatic hydroxyl groups excluding tert-OH is 1. The van der Waals surface area contributed by atoms with Crippen molar-refractivity contribution in [2.45, 2.75) is 19.4 Å². The molecule has 1 aliphatic heterocycles. The van der Waals surface area contributed by atoms with Crippen LogP contribution < -0.4 is 10.6 Å². The van der Waals surface area contributed by atoms with Crippen molar-refractivity contribution < 1.29 is 5.11 Å². The molecule has 1 aliphatic rings. The van der Waals surface area contributed by atoms with Gasteiger partial charge in [0.25, 0.3) is 0 Å². The average Bonchev–Trinajstić information content (AvgIpc) is 2.70. The first-order valence-electron chi connectivity index (χ1n) is 5.70. The van der Waals surface area contributed by atoms with Gasteiger partial charge in [0, 0.05) is 12.7 Å². The second kappa shape index (κ2) is 4.60. The number of pyridine rings is 1. The topological polar surface area (TPSA) is 86.2 Å². The van der Waals surface area contributed by atoms with E-state index in [-0.39, 0.29) is 12.6 Å². The number of nitrogens with two attached hydrogens (primary N) is 1. The standard InChI is InChI=1S/C12H16N4O/c1-8-2-3-16(11(8)7-17)12-10(14)4-9(5-13)6-15-12/h4,6,8,11,17H,2-3,7,14H2,1H3. The van der Waals surface area contributed by atoms with Crippen molar-refractivity contribution in [1.29, 1.82) is 5.26 Å². The molecule has 5 heteroatoms. The van der Waals surface area contributed by atoms with Gasteiger partial charge in [-0.3, -0.25) is 0 Å². The van der Waals surface area contributed by atoms with Crippen molar-refractivity contribution in [3.63, 3.8) is 0 Å². The largest absolute Gasteiger partial charge is 0.396 e. The van der Waals surface area contributed by atoms with Crippen molar-refractivity contribution in [2.24, 2.45) is 5.92 Å². The van der Waals surface area contributed by atoms with Gasteiger partial charge in [-0.25, -0.2) is 4.98 Å². The van der Waals surface area contributed by atoms with Crippen LogP contribution in [0.25, 0.3) is 0 Å². The third-order valence-corrected chi connectivity index (χ3v) is 3.37. The fourth-order valence-electron chi connectivity index (χ4n) is 2.33. The number of nitrogen functional groups attached to an aromatic ring is 1. The Balaban J connectivity index is 2.32. The van der Waals surface area contributed by atoms with E-state index in [2.05, 4.69) is 11.9 Å². The summed E-state index contributed by atoms with van der Waals surface area (Å²) in [5.41, 5.74) is 6.86. The van der Waals surface area contributed by atoms with E-state index in [0.29, 0.717) is 23.0 Å². The van der Waals surface area contributed by atoms with Crippen molar-refractivity contribution in [3.8, 4) is 6.07 Å². The molecule has 0 aliphatic carbocycles. The van der Waals surface area contributed by atoms with Crippen LogP contribution in [0, 0.1) is 17.2 Å². The number of nitriles is 1. The van der Waals surface area contributed by atoms with Crippen molar-refractivity contribution in [3.05, 3.63) is 17.8 Å². The van der Waals surface area contributed by atoms with E-state index in [1.165, 1.54) is 6.20 Å². The molecule has 0 spiro atoms. The van der Waals surface area contributed by atoms with E-state index in [0.717, 1.165) is 13.0 Å². The Morgan fingerprint density at radius 3 is 3.06 bits per heavy atom. The van der Waals surface area contributed by atoms with E-state index in [4.69, 9.17) is 11.0 Å². The Hall–Kier alpha value is -1.80. The predicted octanol–water partition coefficient (Wildman–Crippen LogP) is 0.743. The van der Waals surface area contributed by atoms with Gasteiger partial charge in [0.2, 0.25) is 0 Å². The highest BCUT2D eigenvalue weighted by Crippen LogP contribution is 2.31. The molecule has 17 heavy (non-hydrogen) atoms. The van der Waals surface area contributed by atoms with E-state index < -0.39 is 0 Å². The maximum atomic E-state index is 9.40. The highest BCUT2D eigenvalue weighted by Gasteiger charge is 2.32. The second-order valence-corrected chi connectivity index (χ2v) is 4.46. The van der Waals surface area contributed by atoms with Gasteiger partial charge in [0.15, 0.2) is 5.82 Å². The SMILES string of the molecule is CC1CCN(c2ncc(C#N)cc2N)C1CO. The first-order valence-corrected chi connectivity index (χ1v) is 5.70. The first kappa shape index (κ1) is 11.7. The van der Waals surface area contributed by atoms with Crippen LogP contribution in [-0.2, 0) is 0 Å². The van der Waals surface area contributed by atoms with Gasteiger partial charge in [-0.1, -0.05) is 6.92 Å². The molecule has 1 saturated heterocycles. The quantitative estimate of drug-likeness (QED) is 0.785. The second-order valence-electron chi connectivity index (χ2n) is 4.46. The molecule has 90 valence electrons. The number of rotatable bonds is 2. The maximum Gasteiger partial charge on any atom is 0.152 e. The molecule has 2 unspecified atom stereocenters. The van der Waals surface area contributed by atoms with Crippen LogP contribution in [0.1, 0.15) is 18.9 Å². The van der Waals surface area contributed by atoms with E-state index >= 15 is 0 Å². The fourth-order valence-corrected chi connectivity index (χ4v) is 2.33. The summed E-state index contributed by atoms with van der Waals surface area (Å²) >= 11 is 0. The van der Waals surface area contributed by atoms with Gasteiger partial charge in [0.1, 0.15) is 6.07 Å². The molecule has 1 fully saturated rings. The lowest BCUT2D eigenvalue weighted by Crippen LogP contribution is -2.36. The highest BCUT2D eigenvalue weighted by molar-refractivity contribution is 5.65. The molecule has 2 atom stereocenters. The molecule has 0 bridgehead atoms. The summed E-state index contributed by atoms with van der Waals surface area (Å²) in [4.78, 5) is 6.26. The minimum absolute atomic E-state index is 0.0673. The molecule has 2 heterocycles. The molecule has 2 rings (SSSR count). The first-order chi connectivity index (χ1) is 8.17. The molecule has 1 aromatic rings. The monoisotopic (exact) mass is 232 g/mol. The molecular weight excluding hydrogens is 216 g/mol. The molecule has 0 saturated carbocycles. The van der Waals surface area contributed by atoms with Gasteiger partial charge in [-0.2, -0.15) is 5.26 Å². The summed E-state index contributed by atoms with van der Waals surface area (Å²) in [5, 5.41) is 18.2. The minimum atomic E-state index is 0.0673. The van der Waals surface area contributed by atoms with Crippen molar-refractivity contribution >= 4 is 11.5 Å². The number of hydrogen-bond acceptors (Lipinski definition) is 5. The normalized spacial score (nSPS) is 23.7. The number of aliphatic hydroxyl groups is 1.